The van der Waals surface area contributed by atoms with Gasteiger partial charge in [0.15, 0.2) is 0 Å². The molecule has 20 heavy (non-hydrogen) atoms. The molecule has 0 saturated carbocycles. The van der Waals surface area contributed by atoms with Crippen LogP contribution < -0.4 is 10.8 Å². The van der Waals surface area contributed by atoms with Crippen LogP contribution in [0.4, 0.5) is 11.4 Å². The SMILES string of the molecule is CC(=O)ON(C(N)=Nc1ccccc1)c1ccccc1. The van der Waals surface area contributed by atoms with Gasteiger partial charge in [-0.25, -0.2) is 9.79 Å². The van der Waals surface area contributed by atoms with Gasteiger partial charge in [-0.05, 0) is 24.3 Å². The molecule has 0 spiro atoms. The first kappa shape index (κ1) is 13.6. The summed E-state index contributed by atoms with van der Waals surface area (Å²) in [5.74, 6) is -0.391. The zero-order valence-electron chi connectivity index (χ0n) is 11.1. The Balaban J connectivity index is 2.32. The molecule has 0 radical (unpaired) electrons. The summed E-state index contributed by atoms with van der Waals surface area (Å²) in [6.45, 7) is 1.31. The lowest BCUT2D eigenvalue weighted by molar-refractivity contribution is -0.140. The highest BCUT2D eigenvalue weighted by molar-refractivity contribution is 5.96. The highest BCUT2D eigenvalue weighted by Gasteiger charge is 2.14. The number of guanidine groups is 1. The van der Waals surface area contributed by atoms with Crippen LogP contribution in [0.5, 0.6) is 0 Å². The average molecular weight is 269 g/mol. The van der Waals surface area contributed by atoms with Gasteiger partial charge in [-0.15, -0.1) is 5.06 Å². The average Bonchev–Trinajstić information content (AvgIpc) is 2.46. The maximum absolute atomic E-state index is 11.2. The summed E-state index contributed by atoms with van der Waals surface area (Å²) in [6.07, 6.45) is 0. The van der Waals surface area contributed by atoms with Crippen molar-refractivity contribution in [3.8, 4) is 0 Å². The molecule has 2 rings (SSSR count). The molecule has 0 amide bonds. The number of benzene rings is 2. The van der Waals surface area contributed by atoms with Crippen molar-refractivity contribution in [2.24, 2.45) is 10.7 Å². The Labute approximate surface area is 117 Å². The predicted octanol–water partition coefficient (Wildman–Crippen LogP) is 2.62. The van der Waals surface area contributed by atoms with Gasteiger partial charge in [0.05, 0.1) is 11.4 Å². The Morgan fingerprint density at radius 3 is 2.15 bits per heavy atom. The summed E-state index contributed by atoms with van der Waals surface area (Å²) in [5.41, 5.74) is 7.23. The van der Waals surface area contributed by atoms with Crippen LogP contribution in [-0.4, -0.2) is 11.9 Å². The molecule has 0 heterocycles. The van der Waals surface area contributed by atoms with Crippen molar-refractivity contribution >= 4 is 23.3 Å². The zero-order valence-corrected chi connectivity index (χ0v) is 11.1. The molecular formula is C15H15N3O2. The molecule has 0 fully saturated rings. The Hall–Kier alpha value is -2.82. The smallest absolute Gasteiger partial charge is 0.330 e. The quantitative estimate of drug-likeness (QED) is 0.517. The Morgan fingerprint density at radius 1 is 1.05 bits per heavy atom. The van der Waals surface area contributed by atoms with Crippen molar-refractivity contribution in [1.82, 2.24) is 0 Å². The van der Waals surface area contributed by atoms with Crippen molar-refractivity contribution in [2.75, 3.05) is 5.06 Å². The number of hydrogen-bond acceptors (Lipinski definition) is 3. The van der Waals surface area contributed by atoms with Crippen LogP contribution in [0.25, 0.3) is 0 Å². The molecule has 0 aliphatic rings. The first-order valence-corrected chi connectivity index (χ1v) is 6.10. The maximum Gasteiger partial charge on any atom is 0.330 e. The van der Waals surface area contributed by atoms with Gasteiger partial charge in [0.25, 0.3) is 0 Å². The number of aliphatic imine (C=N–C) groups is 1. The Bertz CT molecular complexity index is 597. The van der Waals surface area contributed by atoms with E-state index in [4.69, 9.17) is 10.6 Å². The van der Waals surface area contributed by atoms with Gasteiger partial charge in [0.2, 0.25) is 5.96 Å². The monoisotopic (exact) mass is 269 g/mol. The number of carbonyl (C=O) groups is 1. The molecule has 0 saturated heterocycles. The molecule has 0 unspecified atom stereocenters. The number of hydroxylamine groups is 1. The van der Waals surface area contributed by atoms with E-state index >= 15 is 0 Å². The molecule has 102 valence electrons. The molecule has 5 heteroatoms. The Morgan fingerprint density at radius 2 is 1.60 bits per heavy atom. The van der Waals surface area contributed by atoms with Crippen LogP contribution in [0.3, 0.4) is 0 Å². The van der Waals surface area contributed by atoms with E-state index in [9.17, 15) is 4.79 Å². The van der Waals surface area contributed by atoms with Crippen molar-refractivity contribution in [3.05, 3.63) is 60.7 Å². The van der Waals surface area contributed by atoms with Gasteiger partial charge in [-0.2, -0.15) is 0 Å². The largest absolute Gasteiger partial charge is 0.367 e. The molecule has 2 N–H and O–H groups in total. The Kier molecular flexibility index (Phi) is 4.34. The summed E-state index contributed by atoms with van der Waals surface area (Å²) in [6, 6.07) is 18.3. The van der Waals surface area contributed by atoms with E-state index in [1.807, 2.05) is 48.5 Å². The second kappa shape index (κ2) is 6.38. The number of carbonyl (C=O) groups excluding carboxylic acids is 1. The fourth-order valence-electron chi connectivity index (χ4n) is 1.60. The second-order valence-corrected chi connectivity index (χ2v) is 4.02. The molecule has 2 aromatic carbocycles. The van der Waals surface area contributed by atoms with Gasteiger partial charge < -0.3 is 10.6 Å². The molecule has 0 aliphatic carbocycles. The van der Waals surface area contributed by atoms with Crippen LogP contribution in [0, 0.1) is 0 Å². The summed E-state index contributed by atoms with van der Waals surface area (Å²) >= 11 is 0. The first-order valence-electron chi connectivity index (χ1n) is 6.10. The lowest BCUT2D eigenvalue weighted by Crippen LogP contribution is -2.38. The lowest BCUT2D eigenvalue weighted by Gasteiger charge is -2.21. The van der Waals surface area contributed by atoms with E-state index < -0.39 is 5.97 Å². The van der Waals surface area contributed by atoms with Crippen molar-refractivity contribution in [3.63, 3.8) is 0 Å². The van der Waals surface area contributed by atoms with Crippen LogP contribution in [0.15, 0.2) is 65.7 Å². The fraction of sp³-hybridized carbons (Fsp3) is 0.0667. The number of anilines is 1. The molecular weight excluding hydrogens is 254 g/mol. The minimum absolute atomic E-state index is 0.0811. The number of nitrogens with zero attached hydrogens (tertiary/aromatic N) is 2. The van der Waals surface area contributed by atoms with E-state index in [-0.39, 0.29) is 5.96 Å². The normalized spacial score (nSPS) is 10.9. The standard InChI is InChI=1S/C15H15N3O2/c1-12(19)20-18(14-10-6-3-7-11-14)15(16)17-13-8-4-2-5-9-13/h2-11H,1H3,(H2,16,17). The van der Waals surface area contributed by atoms with Gasteiger partial charge in [-0.3, -0.25) is 0 Å². The minimum Gasteiger partial charge on any atom is -0.367 e. The van der Waals surface area contributed by atoms with Crippen molar-refractivity contribution < 1.29 is 9.63 Å². The van der Waals surface area contributed by atoms with Gasteiger partial charge in [0.1, 0.15) is 0 Å². The number of nitrogens with two attached hydrogens (primary N) is 1. The lowest BCUT2D eigenvalue weighted by atomic mass is 10.3. The summed E-state index contributed by atoms with van der Waals surface area (Å²) in [5, 5.41) is 1.20. The predicted molar refractivity (Wildman–Crippen MR) is 78.4 cm³/mol. The van der Waals surface area contributed by atoms with Gasteiger partial charge >= 0.3 is 5.97 Å². The molecule has 2 aromatic rings. The topological polar surface area (TPSA) is 67.9 Å². The molecule has 0 aromatic heterocycles. The van der Waals surface area contributed by atoms with Crippen LogP contribution in [0.2, 0.25) is 0 Å². The molecule has 0 aliphatic heterocycles. The van der Waals surface area contributed by atoms with Crippen LogP contribution in [0.1, 0.15) is 6.92 Å². The third-order valence-electron chi connectivity index (χ3n) is 2.42. The molecule has 5 nitrogen and oxygen atoms in total. The van der Waals surface area contributed by atoms with E-state index in [0.29, 0.717) is 11.4 Å². The van der Waals surface area contributed by atoms with E-state index in [1.54, 1.807) is 12.1 Å². The highest BCUT2D eigenvalue weighted by Crippen LogP contribution is 2.16. The second-order valence-electron chi connectivity index (χ2n) is 4.02. The molecule has 0 bridgehead atoms. The highest BCUT2D eigenvalue weighted by atomic mass is 16.7. The molecule has 0 atom stereocenters. The summed E-state index contributed by atoms with van der Waals surface area (Å²) < 4.78 is 0. The minimum atomic E-state index is -0.472. The maximum atomic E-state index is 11.2. The van der Waals surface area contributed by atoms with Gasteiger partial charge in [0, 0.05) is 6.92 Å². The number of hydrogen-bond donors (Lipinski definition) is 1. The van der Waals surface area contributed by atoms with E-state index in [2.05, 4.69) is 4.99 Å². The van der Waals surface area contributed by atoms with Crippen LogP contribution >= 0.6 is 0 Å². The zero-order chi connectivity index (χ0) is 14.4. The van der Waals surface area contributed by atoms with E-state index in [0.717, 1.165) is 0 Å². The first-order chi connectivity index (χ1) is 9.66. The van der Waals surface area contributed by atoms with Crippen molar-refractivity contribution in [1.29, 1.82) is 0 Å². The summed E-state index contributed by atoms with van der Waals surface area (Å²) in [7, 11) is 0. The van der Waals surface area contributed by atoms with Crippen molar-refractivity contribution in [2.45, 2.75) is 6.92 Å². The van der Waals surface area contributed by atoms with E-state index in [1.165, 1.54) is 12.0 Å². The number of para-hydroxylation sites is 2. The number of rotatable bonds is 2. The third kappa shape index (κ3) is 3.58. The fourth-order valence-corrected chi connectivity index (χ4v) is 1.60. The van der Waals surface area contributed by atoms with Crippen LogP contribution in [-0.2, 0) is 9.63 Å². The van der Waals surface area contributed by atoms with Gasteiger partial charge in [-0.1, -0.05) is 36.4 Å². The summed E-state index contributed by atoms with van der Waals surface area (Å²) in [4.78, 5) is 20.6. The third-order valence-corrected chi connectivity index (χ3v) is 2.42.